The first kappa shape index (κ1) is 15.8. The van der Waals surface area contributed by atoms with Crippen LogP contribution in [0.4, 0.5) is 0 Å². The minimum Gasteiger partial charge on any atom is -0.354 e. The van der Waals surface area contributed by atoms with Crippen molar-refractivity contribution in [2.75, 3.05) is 6.54 Å². The summed E-state index contributed by atoms with van der Waals surface area (Å²) in [7, 11) is 0. The maximum absolute atomic E-state index is 8.95. The molecule has 0 atom stereocenters. The Labute approximate surface area is 117 Å². The molecule has 106 valence electrons. The number of rotatable bonds is 9. The molecule has 0 radical (unpaired) electrons. The van der Waals surface area contributed by atoms with Crippen molar-refractivity contribution in [3.05, 3.63) is 24.0 Å². The van der Waals surface area contributed by atoms with Gasteiger partial charge in [-0.15, -0.1) is 0 Å². The lowest BCUT2D eigenvalue weighted by molar-refractivity contribution is 0.417. The second kappa shape index (κ2) is 8.01. The van der Waals surface area contributed by atoms with Crippen LogP contribution >= 0.6 is 0 Å². The molecule has 1 aromatic heterocycles. The van der Waals surface area contributed by atoms with Gasteiger partial charge < -0.3 is 9.88 Å². The van der Waals surface area contributed by atoms with E-state index in [1.54, 1.807) is 0 Å². The van der Waals surface area contributed by atoms with Crippen molar-refractivity contribution in [1.82, 2.24) is 9.88 Å². The minimum atomic E-state index is -0.175. The van der Waals surface area contributed by atoms with E-state index >= 15 is 0 Å². The average Bonchev–Trinajstić information content (AvgIpc) is 2.83. The fourth-order valence-corrected chi connectivity index (χ4v) is 2.06. The van der Waals surface area contributed by atoms with E-state index in [9.17, 15) is 0 Å². The summed E-state index contributed by atoms with van der Waals surface area (Å²) in [4.78, 5) is 0. The molecule has 19 heavy (non-hydrogen) atoms. The molecule has 3 nitrogen and oxygen atoms in total. The summed E-state index contributed by atoms with van der Waals surface area (Å²) < 4.78 is 2.25. The van der Waals surface area contributed by atoms with E-state index in [-0.39, 0.29) is 5.41 Å². The molecule has 1 N–H and O–H groups in total. The molecule has 0 saturated carbocycles. The number of nitriles is 1. The highest BCUT2D eigenvalue weighted by molar-refractivity contribution is 5.09. The van der Waals surface area contributed by atoms with Crippen molar-refractivity contribution in [3.8, 4) is 6.07 Å². The summed E-state index contributed by atoms with van der Waals surface area (Å²) >= 11 is 0. The lowest BCUT2D eigenvalue weighted by Crippen LogP contribution is -2.13. The third-order valence-electron chi connectivity index (χ3n) is 3.34. The van der Waals surface area contributed by atoms with E-state index in [1.807, 2.05) is 13.8 Å². The standard InChI is InChI=1S/C16H27N3/c1-4-9-18-12-15-7-11-19(13-15)10-6-5-8-16(2,3)14-17/h7,11,13,18H,4-6,8-10,12H2,1-3H3. The fourth-order valence-electron chi connectivity index (χ4n) is 2.06. The van der Waals surface area contributed by atoms with Gasteiger partial charge in [0.2, 0.25) is 0 Å². The van der Waals surface area contributed by atoms with Gasteiger partial charge >= 0.3 is 0 Å². The van der Waals surface area contributed by atoms with E-state index in [4.69, 9.17) is 5.26 Å². The predicted molar refractivity (Wildman–Crippen MR) is 79.7 cm³/mol. The SMILES string of the molecule is CCCNCc1ccn(CCCCC(C)(C)C#N)c1. The summed E-state index contributed by atoms with van der Waals surface area (Å²) in [6, 6.07) is 4.54. The van der Waals surface area contributed by atoms with E-state index < -0.39 is 0 Å². The Bertz CT molecular complexity index is 398. The summed E-state index contributed by atoms with van der Waals surface area (Å²) in [5.74, 6) is 0. The first-order valence-corrected chi connectivity index (χ1v) is 7.34. The summed E-state index contributed by atoms with van der Waals surface area (Å²) in [6.07, 6.45) is 8.78. The van der Waals surface area contributed by atoms with Crippen LogP contribution in [-0.4, -0.2) is 11.1 Å². The Morgan fingerprint density at radius 2 is 2.16 bits per heavy atom. The van der Waals surface area contributed by atoms with Gasteiger partial charge in [-0.2, -0.15) is 5.26 Å². The molecule has 0 bridgehead atoms. The van der Waals surface area contributed by atoms with Gasteiger partial charge in [0.1, 0.15) is 0 Å². The molecular weight excluding hydrogens is 234 g/mol. The molecule has 1 rings (SSSR count). The Hall–Kier alpha value is -1.27. The van der Waals surface area contributed by atoms with Crippen LogP contribution in [0, 0.1) is 16.7 Å². The van der Waals surface area contributed by atoms with Gasteiger partial charge in [-0.3, -0.25) is 0 Å². The lowest BCUT2D eigenvalue weighted by atomic mass is 9.89. The van der Waals surface area contributed by atoms with Crippen LogP contribution < -0.4 is 5.32 Å². The molecule has 1 aromatic rings. The van der Waals surface area contributed by atoms with E-state index in [0.717, 1.165) is 38.9 Å². The number of hydrogen-bond donors (Lipinski definition) is 1. The summed E-state index contributed by atoms with van der Waals surface area (Å²) in [6.45, 7) is 9.30. The molecule has 0 amide bonds. The van der Waals surface area contributed by atoms with Crippen molar-refractivity contribution in [2.45, 2.75) is 59.5 Å². The highest BCUT2D eigenvalue weighted by atomic mass is 14.9. The second-order valence-corrected chi connectivity index (χ2v) is 5.89. The molecule has 0 aliphatic carbocycles. The molecular formula is C16H27N3. The number of nitrogens with zero attached hydrogens (tertiary/aromatic N) is 2. The topological polar surface area (TPSA) is 40.8 Å². The number of nitrogens with one attached hydrogen (secondary N) is 1. The Morgan fingerprint density at radius 3 is 2.84 bits per heavy atom. The largest absolute Gasteiger partial charge is 0.354 e. The van der Waals surface area contributed by atoms with Gasteiger partial charge in [0, 0.05) is 25.5 Å². The predicted octanol–water partition coefficient (Wildman–Crippen LogP) is 3.71. The quantitative estimate of drug-likeness (QED) is 0.688. The smallest absolute Gasteiger partial charge is 0.0683 e. The maximum atomic E-state index is 8.95. The second-order valence-electron chi connectivity index (χ2n) is 5.89. The number of aromatic nitrogens is 1. The monoisotopic (exact) mass is 261 g/mol. The van der Waals surface area contributed by atoms with Crippen LogP contribution in [0.15, 0.2) is 18.5 Å². The molecule has 1 heterocycles. The molecule has 0 saturated heterocycles. The molecule has 0 aliphatic rings. The summed E-state index contributed by atoms with van der Waals surface area (Å²) in [5.41, 5.74) is 1.18. The first-order valence-electron chi connectivity index (χ1n) is 7.34. The molecule has 0 spiro atoms. The molecule has 0 fully saturated rings. The van der Waals surface area contributed by atoms with Crippen LogP contribution in [0.1, 0.15) is 52.0 Å². The van der Waals surface area contributed by atoms with Crippen molar-refractivity contribution in [1.29, 1.82) is 5.26 Å². The van der Waals surface area contributed by atoms with E-state index in [1.165, 1.54) is 12.0 Å². The normalized spacial score (nSPS) is 11.5. The average molecular weight is 261 g/mol. The van der Waals surface area contributed by atoms with Crippen LogP contribution in [0.25, 0.3) is 0 Å². The highest BCUT2D eigenvalue weighted by Gasteiger charge is 2.15. The van der Waals surface area contributed by atoms with Gasteiger partial charge in [-0.1, -0.05) is 13.3 Å². The number of aryl methyl sites for hydroxylation is 1. The third kappa shape index (κ3) is 6.45. The van der Waals surface area contributed by atoms with Gasteiger partial charge in [0.05, 0.1) is 11.5 Å². The van der Waals surface area contributed by atoms with Gasteiger partial charge in [0.25, 0.3) is 0 Å². The fraction of sp³-hybridized carbons (Fsp3) is 0.688. The van der Waals surface area contributed by atoms with Crippen LogP contribution in [-0.2, 0) is 13.1 Å². The Morgan fingerprint density at radius 1 is 1.37 bits per heavy atom. The molecule has 0 aromatic carbocycles. The molecule has 3 heteroatoms. The van der Waals surface area contributed by atoms with Crippen LogP contribution in [0.2, 0.25) is 0 Å². The minimum absolute atomic E-state index is 0.175. The van der Waals surface area contributed by atoms with E-state index in [0.29, 0.717) is 0 Å². The molecule has 0 unspecified atom stereocenters. The number of hydrogen-bond acceptors (Lipinski definition) is 2. The Balaban J connectivity index is 2.22. The first-order chi connectivity index (χ1) is 9.07. The summed E-state index contributed by atoms with van der Waals surface area (Å²) in [5, 5.41) is 12.4. The maximum Gasteiger partial charge on any atom is 0.0683 e. The lowest BCUT2D eigenvalue weighted by Gasteiger charge is -2.14. The highest BCUT2D eigenvalue weighted by Crippen LogP contribution is 2.21. The van der Waals surface area contributed by atoms with Crippen molar-refractivity contribution in [3.63, 3.8) is 0 Å². The van der Waals surface area contributed by atoms with Gasteiger partial charge in [-0.05, 0) is 51.3 Å². The zero-order valence-corrected chi connectivity index (χ0v) is 12.6. The molecule has 0 aliphatic heterocycles. The third-order valence-corrected chi connectivity index (χ3v) is 3.34. The van der Waals surface area contributed by atoms with Crippen molar-refractivity contribution < 1.29 is 0 Å². The van der Waals surface area contributed by atoms with Crippen molar-refractivity contribution >= 4 is 0 Å². The zero-order chi connectivity index (χ0) is 14.1. The Kier molecular flexibility index (Phi) is 6.66. The number of unbranched alkanes of at least 4 members (excludes halogenated alkanes) is 1. The van der Waals surface area contributed by atoms with Gasteiger partial charge in [-0.25, -0.2) is 0 Å². The van der Waals surface area contributed by atoms with Crippen molar-refractivity contribution in [2.24, 2.45) is 5.41 Å². The van der Waals surface area contributed by atoms with Gasteiger partial charge in [0.15, 0.2) is 0 Å². The zero-order valence-electron chi connectivity index (χ0n) is 12.6. The van der Waals surface area contributed by atoms with Crippen LogP contribution in [0.3, 0.4) is 0 Å². The van der Waals surface area contributed by atoms with E-state index in [2.05, 4.69) is 41.3 Å². The van der Waals surface area contributed by atoms with Crippen LogP contribution in [0.5, 0.6) is 0 Å².